The largest absolute Gasteiger partial charge is 0.387 e. The highest BCUT2D eigenvalue weighted by atomic mass is 79.9. The molecule has 0 radical (unpaired) electrons. The summed E-state index contributed by atoms with van der Waals surface area (Å²) in [5.74, 6) is 0. The molecule has 0 saturated heterocycles. The van der Waals surface area contributed by atoms with E-state index in [0.717, 1.165) is 15.6 Å². The van der Waals surface area contributed by atoms with Gasteiger partial charge in [0, 0.05) is 41.4 Å². The van der Waals surface area contributed by atoms with Gasteiger partial charge in [-0.25, -0.2) is 0 Å². The van der Waals surface area contributed by atoms with Crippen LogP contribution in [0.2, 0.25) is 5.02 Å². The van der Waals surface area contributed by atoms with Crippen molar-refractivity contribution in [1.82, 2.24) is 15.1 Å². The fourth-order valence-corrected chi connectivity index (χ4v) is 2.63. The van der Waals surface area contributed by atoms with E-state index in [9.17, 15) is 5.11 Å². The second-order valence-electron chi connectivity index (χ2n) is 4.29. The fraction of sp³-hybridized carbons (Fsp3) is 0.308. The first-order valence-electron chi connectivity index (χ1n) is 5.88. The number of aliphatic hydroxyl groups is 1. The number of nitrogens with one attached hydrogen (secondary N) is 1. The summed E-state index contributed by atoms with van der Waals surface area (Å²) in [7, 11) is 1.82. The Hall–Kier alpha value is -0.880. The topological polar surface area (TPSA) is 50.1 Å². The van der Waals surface area contributed by atoms with Gasteiger partial charge in [0.1, 0.15) is 0 Å². The van der Waals surface area contributed by atoms with Gasteiger partial charge < -0.3 is 10.4 Å². The summed E-state index contributed by atoms with van der Waals surface area (Å²) < 4.78 is 2.63. The number of halogens is 2. The standard InChI is InChI=1S/C13H15BrClN3O/c1-18-8-9(5-17-18)13(19)7-16-6-10-11(14)3-2-4-12(10)15/h2-5,8,13,16,19H,6-7H2,1H3. The van der Waals surface area contributed by atoms with E-state index in [2.05, 4.69) is 26.3 Å². The molecule has 1 atom stereocenters. The first-order valence-corrected chi connectivity index (χ1v) is 7.05. The third-order valence-corrected chi connectivity index (χ3v) is 3.91. The van der Waals surface area contributed by atoms with E-state index in [1.54, 1.807) is 17.1 Å². The summed E-state index contributed by atoms with van der Waals surface area (Å²) in [6.07, 6.45) is 2.89. The number of hydrogen-bond donors (Lipinski definition) is 2. The molecule has 0 aliphatic carbocycles. The van der Waals surface area contributed by atoms with Crippen LogP contribution in [-0.4, -0.2) is 21.4 Å². The van der Waals surface area contributed by atoms with Gasteiger partial charge >= 0.3 is 0 Å². The molecule has 2 N–H and O–H groups in total. The van der Waals surface area contributed by atoms with E-state index in [4.69, 9.17) is 11.6 Å². The maximum Gasteiger partial charge on any atom is 0.0944 e. The number of nitrogens with zero attached hydrogens (tertiary/aromatic N) is 2. The van der Waals surface area contributed by atoms with Gasteiger partial charge in [0.15, 0.2) is 0 Å². The van der Waals surface area contributed by atoms with Crippen LogP contribution in [-0.2, 0) is 13.6 Å². The average Bonchev–Trinajstić information content (AvgIpc) is 2.79. The first-order chi connectivity index (χ1) is 9.08. The van der Waals surface area contributed by atoms with Crippen LogP contribution in [0, 0.1) is 0 Å². The monoisotopic (exact) mass is 343 g/mol. The molecule has 2 aromatic rings. The third-order valence-electron chi connectivity index (χ3n) is 2.81. The zero-order chi connectivity index (χ0) is 13.8. The Morgan fingerprint density at radius 1 is 1.53 bits per heavy atom. The molecule has 1 aromatic carbocycles. The molecule has 0 saturated carbocycles. The van der Waals surface area contributed by atoms with Crippen LogP contribution in [0.15, 0.2) is 35.1 Å². The number of benzene rings is 1. The normalized spacial score (nSPS) is 12.6. The van der Waals surface area contributed by atoms with Crippen molar-refractivity contribution in [1.29, 1.82) is 0 Å². The predicted octanol–water partition coefficient (Wildman–Crippen LogP) is 2.66. The van der Waals surface area contributed by atoms with E-state index >= 15 is 0 Å². The van der Waals surface area contributed by atoms with Gasteiger partial charge in [0.05, 0.1) is 12.3 Å². The van der Waals surface area contributed by atoms with Gasteiger partial charge in [-0.15, -0.1) is 0 Å². The second kappa shape index (κ2) is 6.52. The maximum atomic E-state index is 9.99. The van der Waals surface area contributed by atoms with Gasteiger partial charge in [0.2, 0.25) is 0 Å². The van der Waals surface area contributed by atoms with Gasteiger partial charge in [-0.2, -0.15) is 5.10 Å². The minimum Gasteiger partial charge on any atom is -0.387 e. The molecule has 0 fully saturated rings. The quantitative estimate of drug-likeness (QED) is 0.877. The van der Waals surface area contributed by atoms with Gasteiger partial charge in [-0.05, 0) is 17.7 Å². The third kappa shape index (κ3) is 3.79. The van der Waals surface area contributed by atoms with E-state index in [1.807, 2.05) is 25.2 Å². The Labute approximate surface area is 125 Å². The molecular weight excluding hydrogens is 330 g/mol. The summed E-state index contributed by atoms with van der Waals surface area (Å²) in [4.78, 5) is 0. The highest BCUT2D eigenvalue weighted by Crippen LogP contribution is 2.24. The van der Waals surface area contributed by atoms with Crippen LogP contribution in [0.1, 0.15) is 17.2 Å². The Morgan fingerprint density at radius 2 is 2.32 bits per heavy atom. The van der Waals surface area contributed by atoms with Crippen LogP contribution >= 0.6 is 27.5 Å². The number of aromatic nitrogens is 2. The van der Waals surface area contributed by atoms with Crippen molar-refractivity contribution in [3.63, 3.8) is 0 Å². The number of hydrogen-bond acceptors (Lipinski definition) is 3. The van der Waals surface area contributed by atoms with E-state index < -0.39 is 6.10 Å². The van der Waals surface area contributed by atoms with Crippen LogP contribution < -0.4 is 5.32 Å². The minimum atomic E-state index is -0.574. The van der Waals surface area contributed by atoms with Crippen molar-refractivity contribution < 1.29 is 5.11 Å². The zero-order valence-corrected chi connectivity index (χ0v) is 12.8. The van der Waals surface area contributed by atoms with Crippen molar-refractivity contribution in [3.05, 3.63) is 51.2 Å². The smallest absolute Gasteiger partial charge is 0.0944 e. The Kier molecular flexibility index (Phi) is 4.99. The molecule has 19 heavy (non-hydrogen) atoms. The summed E-state index contributed by atoms with van der Waals surface area (Å²) in [6.45, 7) is 1.04. The maximum absolute atomic E-state index is 9.99. The lowest BCUT2D eigenvalue weighted by Crippen LogP contribution is -2.21. The molecule has 0 aliphatic rings. The molecule has 0 aliphatic heterocycles. The summed E-state index contributed by atoms with van der Waals surface area (Å²) in [5.41, 5.74) is 1.79. The SMILES string of the molecule is Cn1cc(C(O)CNCc2c(Cl)cccc2Br)cn1. The highest BCUT2D eigenvalue weighted by Gasteiger charge is 2.10. The van der Waals surface area contributed by atoms with Crippen molar-refractivity contribution in [2.45, 2.75) is 12.6 Å². The minimum absolute atomic E-state index is 0.448. The van der Waals surface area contributed by atoms with E-state index in [-0.39, 0.29) is 0 Å². The van der Waals surface area contributed by atoms with Crippen LogP contribution in [0.4, 0.5) is 0 Å². The lowest BCUT2D eigenvalue weighted by Gasteiger charge is -2.12. The number of rotatable bonds is 5. The van der Waals surface area contributed by atoms with E-state index in [1.165, 1.54) is 0 Å². The number of aliphatic hydroxyl groups excluding tert-OH is 1. The Bertz CT molecular complexity index is 538. The van der Waals surface area contributed by atoms with Crippen LogP contribution in [0.25, 0.3) is 0 Å². The molecule has 6 heteroatoms. The van der Waals surface area contributed by atoms with Crippen molar-refractivity contribution in [3.8, 4) is 0 Å². The molecule has 1 heterocycles. The van der Waals surface area contributed by atoms with Gasteiger partial charge in [0.25, 0.3) is 0 Å². The van der Waals surface area contributed by atoms with Crippen molar-refractivity contribution >= 4 is 27.5 Å². The van der Waals surface area contributed by atoms with E-state index in [0.29, 0.717) is 18.1 Å². The lowest BCUT2D eigenvalue weighted by atomic mass is 10.2. The zero-order valence-electron chi connectivity index (χ0n) is 10.5. The molecule has 2 rings (SSSR count). The fourth-order valence-electron chi connectivity index (χ4n) is 1.77. The molecule has 0 bridgehead atoms. The number of aryl methyl sites for hydroxylation is 1. The Balaban J connectivity index is 1.90. The van der Waals surface area contributed by atoms with Crippen LogP contribution in [0.3, 0.4) is 0 Å². The summed E-state index contributed by atoms with van der Waals surface area (Å²) in [6, 6.07) is 5.68. The molecule has 4 nitrogen and oxygen atoms in total. The predicted molar refractivity (Wildman–Crippen MR) is 79.0 cm³/mol. The molecule has 0 spiro atoms. The van der Waals surface area contributed by atoms with Crippen molar-refractivity contribution in [2.24, 2.45) is 7.05 Å². The summed E-state index contributed by atoms with van der Waals surface area (Å²) >= 11 is 9.58. The highest BCUT2D eigenvalue weighted by molar-refractivity contribution is 9.10. The van der Waals surface area contributed by atoms with Crippen molar-refractivity contribution in [2.75, 3.05) is 6.54 Å². The molecule has 0 amide bonds. The van der Waals surface area contributed by atoms with Gasteiger partial charge in [-0.1, -0.05) is 33.6 Å². The Morgan fingerprint density at radius 3 is 2.95 bits per heavy atom. The molecule has 1 aromatic heterocycles. The average molecular weight is 345 g/mol. The lowest BCUT2D eigenvalue weighted by molar-refractivity contribution is 0.174. The second-order valence-corrected chi connectivity index (χ2v) is 5.56. The summed E-state index contributed by atoms with van der Waals surface area (Å²) in [5, 5.41) is 17.9. The molecule has 1 unspecified atom stereocenters. The molecule has 102 valence electrons. The van der Waals surface area contributed by atoms with Crippen LogP contribution in [0.5, 0.6) is 0 Å². The van der Waals surface area contributed by atoms with Gasteiger partial charge in [-0.3, -0.25) is 4.68 Å². The first kappa shape index (κ1) is 14.5. The molecular formula is C13H15BrClN3O.